The SMILES string of the molecule is CN=C(NCCCOc1ccc(OC)cc1)NCc1ccccc1OC. The molecule has 0 aromatic heterocycles. The maximum atomic E-state index is 5.71. The summed E-state index contributed by atoms with van der Waals surface area (Å²) in [6.45, 7) is 2.04. The summed E-state index contributed by atoms with van der Waals surface area (Å²) in [5, 5.41) is 6.57. The van der Waals surface area contributed by atoms with E-state index >= 15 is 0 Å². The highest BCUT2D eigenvalue weighted by molar-refractivity contribution is 5.79. The van der Waals surface area contributed by atoms with Crippen molar-refractivity contribution in [2.45, 2.75) is 13.0 Å². The Morgan fingerprint density at radius 2 is 1.65 bits per heavy atom. The molecule has 0 amide bonds. The van der Waals surface area contributed by atoms with Crippen LogP contribution in [0.5, 0.6) is 17.2 Å². The fraction of sp³-hybridized carbons (Fsp3) is 0.350. The number of nitrogens with one attached hydrogen (secondary N) is 2. The molecule has 0 bridgehead atoms. The summed E-state index contributed by atoms with van der Waals surface area (Å²) < 4.78 is 16.2. The molecule has 0 aliphatic carbocycles. The Balaban J connectivity index is 1.67. The lowest BCUT2D eigenvalue weighted by Gasteiger charge is -2.14. The zero-order valence-electron chi connectivity index (χ0n) is 15.6. The zero-order chi connectivity index (χ0) is 18.6. The van der Waals surface area contributed by atoms with Crippen LogP contribution in [-0.4, -0.2) is 40.4 Å². The Hall–Kier alpha value is -2.89. The summed E-state index contributed by atoms with van der Waals surface area (Å²) in [4.78, 5) is 4.23. The van der Waals surface area contributed by atoms with Crippen molar-refractivity contribution >= 4 is 5.96 Å². The maximum absolute atomic E-state index is 5.71. The van der Waals surface area contributed by atoms with Crippen molar-refractivity contribution in [3.05, 3.63) is 54.1 Å². The average Bonchev–Trinajstić information content (AvgIpc) is 2.70. The van der Waals surface area contributed by atoms with Crippen molar-refractivity contribution in [2.24, 2.45) is 4.99 Å². The first-order chi connectivity index (χ1) is 12.8. The molecule has 0 saturated heterocycles. The monoisotopic (exact) mass is 357 g/mol. The third kappa shape index (κ3) is 6.20. The molecule has 0 heterocycles. The average molecular weight is 357 g/mol. The lowest BCUT2D eigenvalue weighted by atomic mass is 10.2. The van der Waals surface area contributed by atoms with E-state index in [9.17, 15) is 0 Å². The summed E-state index contributed by atoms with van der Waals surface area (Å²) in [6.07, 6.45) is 0.862. The number of aliphatic imine (C=N–C) groups is 1. The van der Waals surface area contributed by atoms with Crippen LogP contribution < -0.4 is 24.8 Å². The van der Waals surface area contributed by atoms with Gasteiger partial charge in [-0.1, -0.05) is 18.2 Å². The Bertz CT molecular complexity index is 687. The highest BCUT2D eigenvalue weighted by Crippen LogP contribution is 2.17. The maximum Gasteiger partial charge on any atom is 0.191 e. The lowest BCUT2D eigenvalue weighted by molar-refractivity contribution is 0.310. The second-order valence-electron chi connectivity index (χ2n) is 5.54. The predicted octanol–water partition coefficient (Wildman–Crippen LogP) is 2.84. The summed E-state index contributed by atoms with van der Waals surface area (Å²) in [7, 11) is 5.08. The highest BCUT2D eigenvalue weighted by atomic mass is 16.5. The van der Waals surface area contributed by atoms with Crippen molar-refractivity contribution in [3.63, 3.8) is 0 Å². The van der Waals surface area contributed by atoms with Gasteiger partial charge in [-0.05, 0) is 36.8 Å². The van der Waals surface area contributed by atoms with Crippen LogP contribution in [-0.2, 0) is 6.54 Å². The van der Waals surface area contributed by atoms with E-state index in [-0.39, 0.29) is 0 Å². The molecule has 0 aliphatic rings. The second-order valence-corrected chi connectivity index (χ2v) is 5.54. The summed E-state index contributed by atoms with van der Waals surface area (Å²) in [5.74, 6) is 3.28. The Labute approximate surface area is 155 Å². The van der Waals surface area contributed by atoms with Crippen molar-refractivity contribution in [3.8, 4) is 17.2 Å². The van der Waals surface area contributed by atoms with E-state index in [0.29, 0.717) is 13.2 Å². The molecule has 0 aliphatic heterocycles. The molecule has 0 atom stereocenters. The third-order valence-electron chi connectivity index (χ3n) is 3.80. The number of nitrogens with zero attached hydrogens (tertiary/aromatic N) is 1. The van der Waals surface area contributed by atoms with Crippen LogP contribution in [0.25, 0.3) is 0 Å². The Morgan fingerprint density at radius 3 is 2.35 bits per heavy atom. The number of methoxy groups -OCH3 is 2. The zero-order valence-corrected chi connectivity index (χ0v) is 15.6. The molecule has 6 nitrogen and oxygen atoms in total. The minimum absolute atomic E-state index is 0.628. The molecule has 0 unspecified atom stereocenters. The van der Waals surface area contributed by atoms with Crippen molar-refractivity contribution in [2.75, 3.05) is 34.4 Å². The summed E-state index contributed by atoms with van der Waals surface area (Å²) in [5.41, 5.74) is 1.08. The van der Waals surface area contributed by atoms with Crippen LogP contribution in [0.2, 0.25) is 0 Å². The van der Waals surface area contributed by atoms with Crippen molar-refractivity contribution in [1.82, 2.24) is 10.6 Å². The number of guanidine groups is 1. The van der Waals surface area contributed by atoms with Gasteiger partial charge in [0, 0.05) is 25.7 Å². The fourth-order valence-electron chi connectivity index (χ4n) is 2.39. The Morgan fingerprint density at radius 1 is 0.923 bits per heavy atom. The molecule has 140 valence electrons. The third-order valence-corrected chi connectivity index (χ3v) is 3.80. The fourth-order valence-corrected chi connectivity index (χ4v) is 2.39. The van der Waals surface area contributed by atoms with E-state index in [1.807, 2.05) is 48.5 Å². The van der Waals surface area contributed by atoms with Gasteiger partial charge >= 0.3 is 0 Å². The number of hydrogen-bond acceptors (Lipinski definition) is 4. The van der Waals surface area contributed by atoms with E-state index < -0.39 is 0 Å². The van der Waals surface area contributed by atoms with Gasteiger partial charge in [-0.3, -0.25) is 4.99 Å². The minimum Gasteiger partial charge on any atom is -0.497 e. The number of hydrogen-bond donors (Lipinski definition) is 2. The van der Waals surface area contributed by atoms with E-state index in [4.69, 9.17) is 14.2 Å². The van der Waals surface area contributed by atoms with Crippen LogP contribution in [0, 0.1) is 0 Å². The first-order valence-electron chi connectivity index (χ1n) is 8.60. The number of para-hydroxylation sites is 1. The van der Waals surface area contributed by atoms with Crippen LogP contribution in [0.3, 0.4) is 0 Å². The molecule has 2 aromatic rings. The van der Waals surface area contributed by atoms with Crippen molar-refractivity contribution in [1.29, 1.82) is 0 Å². The molecular weight excluding hydrogens is 330 g/mol. The molecule has 2 N–H and O–H groups in total. The normalized spacial score (nSPS) is 11.0. The van der Waals surface area contributed by atoms with Crippen LogP contribution in [0.1, 0.15) is 12.0 Å². The molecule has 0 fully saturated rings. The number of rotatable bonds is 9. The van der Waals surface area contributed by atoms with Gasteiger partial charge in [0.05, 0.1) is 20.8 Å². The number of benzene rings is 2. The molecular formula is C20H27N3O3. The van der Waals surface area contributed by atoms with Gasteiger partial charge in [-0.2, -0.15) is 0 Å². The first-order valence-corrected chi connectivity index (χ1v) is 8.60. The predicted molar refractivity (Wildman–Crippen MR) is 104 cm³/mol. The van der Waals surface area contributed by atoms with Gasteiger partial charge in [-0.25, -0.2) is 0 Å². The van der Waals surface area contributed by atoms with Crippen molar-refractivity contribution < 1.29 is 14.2 Å². The quantitative estimate of drug-likeness (QED) is 0.410. The highest BCUT2D eigenvalue weighted by Gasteiger charge is 2.03. The largest absolute Gasteiger partial charge is 0.497 e. The van der Waals surface area contributed by atoms with Gasteiger partial charge < -0.3 is 24.8 Å². The standard InChI is InChI=1S/C20H27N3O3/c1-21-20(23-15-16-7-4-5-8-19(16)25-3)22-13-6-14-26-18-11-9-17(24-2)10-12-18/h4-5,7-12H,6,13-15H2,1-3H3,(H2,21,22,23). The van der Waals surface area contributed by atoms with Gasteiger partial charge in [0.25, 0.3) is 0 Å². The molecule has 0 radical (unpaired) electrons. The van der Waals surface area contributed by atoms with E-state index in [1.165, 1.54) is 0 Å². The molecule has 6 heteroatoms. The Kier molecular flexibility index (Phi) is 8.12. The van der Waals surface area contributed by atoms with Gasteiger partial charge in [0.1, 0.15) is 17.2 Å². The second kappa shape index (κ2) is 10.9. The molecule has 0 spiro atoms. The molecule has 26 heavy (non-hydrogen) atoms. The topological polar surface area (TPSA) is 64.1 Å². The van der Waals surface area contributed by atoms with Gasteiger partial charge in [0.2, 0.25) is 0 Å². The van der Waals surface area contributed by atoms with Gasteiger partial charge in [0.15, 0.2) is 5.96 Å². The summed E-state index contributed by atoms with van der Waals surface area (Å²) >= 11 is 0. The summed E-state index contributed by atoms with van der Waals surface area (Å²) in [6, 6.07) is 15.5. The number of ether oxygens (including phenoxy) is 3. The smallest absolute Gasteiger partial charge is 0.191 e. The van der Waals surface area contributed by atoms with E-state index in [1.54, 1.807) is 21.3 Å². The van der Waals surface area contributed by atoms with Crippen LogP contribution in [0.4, 0.5) is 0 Å². The minimum atomic E-state index is 0.628. The molecule has 2 aromatic carbocycles. The van der Waals surface area contributed by atoms with E-state index in [2.05, 4.69) is 15.6 Å². The lowest BCUT2D eigenvalue weighted by Crippen LogP contribution is -2.37. The molecule has 2 rings (SSSR count). The molecule has 0 saturated carbocycles. The van der Waals surface area contributed by atoms with Crippen LogP contribution >= 0.6 is 0 Å². The first kappa shape index (κ1) is 19.4. The van der Waals surface area contributed by atoms with Crippen LogP contribution in [0.15, 0.2) is 53.5 Å². The van der Waals surface area contributed by atoms with Gasteiger partial charge in [-0.15, -0.1) is 0 Å². The van der Waals surface area contributed by atoms with E-state index in [0.717, 1.165) is 41.7 Å².